The van der Waals surface area contributed by atoms with Crippen molar-refractivity contribution in [3.63, 3.8) is 0 Å². The summed E-state index contributed by atoms with van der Waals surface area (Å²) in [6.07, 6.45) is 5.89. The Labute approximate surface area is 135 Å². The van der Waals surface area contributed by atoms with Crippen LogP contribution in [0.3, 0.4) is 0 Å². The van der Waals surface area contributed by atoms with Crippen LogP contribution in [-0.4, -0.2) is 54.5 Å². The third kappa shape index (κ3) is 3.48. The van der Waals surface area contributed by atoms with E-state index in [0.29, 0.717) is 29.7 Å². The summed E-state index contributed by atoms with van der Waals surface area (Å²) in [7, 11) is 0. The lowest BCUT2D eigenvalue weighted by molar-refractivity contribution is -0.140. The molecule has 2 unspecified atom stereocenters. The topological polar surface area (TPSA) is 49.6 Å². The van der Waals surface area contributed by atoms with Crippen molar-refractivity contribution in [2.75, 3.05) is 32.7 Å². The number of amides is 1. The molecule has 2 saturated carbocycles. The number of piperazine rings is 1. The number of nitrogens with two attached hydrogens (primary N) is 1. The number of fused-ring (bicyclic) bond motifs is 2. The quantitative estimate of drug-likeness (QED) is 0.867. The molecule has 3 aliphatic rings. The third-order valence-electron chi connectivity index (χ3n) is 6.07. The van der Waals surface area contributed by atoms with Crippen molar-refractivity contribution in [2.24, 2.45) is 29.4 Å². The molecule has 2 aliphatic carbocycles. The molecule has 0 aromatic heterocycles. The Morgan fingerprint density at radius 3 is 2.23 bits per heavy atom. The maximum atomic E-state index is 12.9. The number of hydrogen-bond acceptors (Lipinski definition) is 3. The van der Waals surface area contributed by atoms with Crippen LogP contribution in [0.25, 0.3) is 0 Å². The number of hydrogen-bond donors (Lipinski definition) is 1. The van der Waals surface area contributed by atoms with Gasteiger partial charge in [-0.05, 0) is 43.4 Å². The van der Waals surface area contributed by atoms with Gasteiger partial charge in [-0.15, -0.1) is 0 Å². The van der Waals surface area contributed by atoms with Crippen LogP contribution in [-0.2, 0) is 4.79 Å². The molecule has 4 heteroatoms. The number of nitrogens with zero attached hydrogens (tertiary/aromatic N) is 2. The van der Waals surface area contributed by atoms with Gasteiger partial charge in [0.15, 0.2) is 0 Å². The molecule has 1 amide bonds. The largest absolute Gasteiger partial charge is 0.340 e. The molecule has 2 atom stereocenters. The summed E-state index contributed by atoms with van der Waals surface area (Å²) in [6, 6.07) is 0.362. The maximum Gasteiger partial charge on any atom is 0.225 e. The molecule has 3 rings (SSSR count). The Morgan fingerprint density at radius 1 is 1.09 bits per heavy atom. The second kappa shape index (κ2) is 6.88. The van der Waals surface area contributed by atoms with E-state index in [-0.39, 0.29) is 5.92 Å². The van der Waals surface area contributed by atoms with Crippen molar-refractivity contribution >= 4 is 5.91 Å². The maximum absolute atomic E-state index is 12.9. The van der Waals surface area contributed by atoms with Crippen molar-refractivity contribution in [3.8, 4) is 0 Å². The van der Waals surface area contributed by atoms with Gasteiger partial charge >= 0.3 is 0 Å². The first-order valence-corrected chi connectivity index (χ1v) is 9.31. The monoisotopic (exact) mass is 307 g/mol. The minimum Gasteiger partial charge on any atom is -0.340 e. The molecular formula is C18H33N3O. The van der Waals surface area contributed by atoms with E-state index in [0.717, 1.165) is 45.6 Å². The summed E-state index contributed by atoms with van der Waals surface area (Å²) in [6.45, 7) is 9.62. The highest BCUT2D eigenvalue weighted by molar-refractivity contribution is 5.79. The van der Waals surface area contributed by atoms with Crippen LogP contribution in [0.4, 0.5) is 0 Å². The summed E-state index contributed by atoms with van der Waals surface area (Å²) in [5.41, 5.74) is 6.36. The molecule has 4 nitrogen and oxygen atoms in total. The molecular weight excluding hydrogens is 274 g/mol. The number of rotatable bonds is 3. The summed E-state index contributed by atoms with van der Waals surface area (Å²) in [4.78, 5) is 17.5. The van der Waals surface area contributed by atoms with E-state index in [1.807, 2.05) is 0 Å². The summed E-state index contributed by atoms with van der Waals surface area (Å²) in [5, 5.41) is 0. The van der Waals surface area contributed by atoms with Crippen molar-refractivity contribution in [2.45, 2.75) is 52.0 Å². The highest BCUT2D eigenvalue weighted by Gasteiger charge is 2.41. The first-order chi connectivity index (χ1) is 10.5. The lowest BCUT2D eigenvalue weighted by Crippen LogP contribution is -2.54. The van der Waals surface area contributed by atoms with Crippen LogP contribution < -0.4 is 5.73 Å². The Kier molecular flexibility index (Phi) is 5.08. The highest BCUT2D eigenvalue weighted by Crippen LogP contribution is 2.42. The SMILES string of the molecule is CC(C)CN1CCN(C(=O)C2CC3CCCC(C2)C3N)CC1. The van der Waals surface area contributed by atoms with Gasteiger partial charge in [-0.3, -0.25) is 9.69 Å². The smallest absolute Gasteiger partial charge is 0.225 e. The van der Waals surface area contributed by atoms with Gasteiger partial charge in [0.2, 0.25) is 5.91 Å². The van der Waals surface area contributed by atoms with E-state index in [2.05, 4.69) is 23.6 Å². The fourth-order valence-corrected chi connectivity index (χ4v) is 4.92. The normalized spacial score (nSPS) is 36.6. The van der Waals surface area contributed by atoms with Crippen LogP contribution in [0, 0.1) is 23.7 Å². The van der Waals surface area contributed by atoms with Crippen LogP contribution in [0.1, 0.15) is 46.0 Å². The lowest BCUT2D eigenvalue weighted by atomic mass is 9.65. The predicted molar refractivity (Wildman–Crippen MR) is 89.4 cm³/mol. The van der Waals surface area contributed by atoms with Crippen LogP contribution in [0.15, 0.2) is 0 Å². The molecule has 1 heterocycles. The minimum atomic E-state index is 0.256. The van der Waals surface area contributed by atoms with E-state index in [9.17, 15) is 4.79 Å². The molecule has 0 spiro atoms. The number of carbonyl (C=O) groups excluding carboxylic acids is 1. The van der Waals surface area contributed by atoms with E-state index in [4.69, 9.17) is 5.73 Å². The molecule has 126 valence electrons. The zero-order chi connectivity index (χ0) is 15.7. The average Bonchev–Trinajstić information content (AvgIpc) is 2.46. The fraction of sp³-hybridized carbons (Fsp3) is 0.944. The molecule has 0 aromatic rings. The van der Waals surface area contributed by atoms with Crippen LogP contribution >= 0.6 is 0 Å². The molecule has 22 heavy (non-hydrogen) atoms. The van der Waals surface area contributed by atoms with Gasteiger partial charge in [-0.1, -0.05) is 20.3 Å². The first kappa shape index (κ1) is 16.3. The van der Waals surface area contributed by atoms with Crippen molar-refractivity contribution < 1.29 is 4.79 Å². The number of carbonyl (C=O) groups is 1. The Hall–Kier alpha value is -0.610. The van der Waals surface area contributed by atoms with E-state index < -0.39 is 0 Å². The molecule has 0 aromatic carbocycles. The summed E-state index contributed by atoms with van der Waals surface area (Å²) in [5.74, 6) is 2.59. The highest BCUT2D eigenvalue weighted by atomic mass is 16.2. The zero-order valence-electron chi connectivity index (χ0n) is 14.3. The average molecular weight is 307 g/mol. The second-order valence-electron chi connectivity index (χ2n) is 8.22. The van der Waals surface area contributed by atoms with Crippen molar-refractivity contribution in [1.82, 2.24) is 9.80 Å². The Morgan fingerprint density at radius 2 is 1.68 bits per heavy atom. The second-order valence-corrected chi connectivity index (χ2v) is 8.22. The first-order valence-electron chi connectivity index (χ1n) is 9.31. The fourth-order valence-electron chi connectivity index (χ4n) is 4.92. The van der Waals surface area contributed by atoms with Gasteiger partial charge in [0.05, 0.1) is 0 Å². The van der Waals surface area contributed by atoms with Gasteiger partial charge in [-0.25, -0.2) is 0 Å². The summed E-state index contributed by atoms with van der Waals surface area (Å²) >= 11 is 0. The molecule has 1 saturated heterocycles. The molecule has 1 aliphatic heterocycles. The predicted octanol–water partition coefficient (Wildman–Crippen LogP) is 1.94. The Bertz CT molecular complexity index is 376. The molecule has 2 bridgehead atoms. The standard InChI is InChI=1S/C18H33N3O/c1-13(2)12-20-6-8-21(9-7-20)18(22)16-10-14-4-3-5-15(11-16)17(14)19/h13-17H,3-12,19H2,1-2H3. The van der Waals surface area contributed by atoms with E-state index in [1.165, 1.54) is 19.3 Å². The van der Waals surface area contributed by atoms with Gasteiger partial charge in [0, 0.05) is 44.7 Å². The Balaban J connectivity index is 1.52. The van der Waals surface area contributed by atoms with Crippen molar-refractivity contribution in [3.05, 3.63) is 0 Å². The van der Waals surface area contributed by atoms with E-state index in [1.54, 1.807) is 0 Å². The third-order valence-corrected chi connectivity index (χ3v) is 6.07. The van der Waals surface area contributed by atoms with Crippen LogP contribution in [0.5, 0.6) is 0 Å². The summed E-state index contributed by atoms with van der Waals surface area (Å²) < 4.78 is 0. The minimum absolute atomic E-state index is 0.256. The van der Waals surface area contributed by atoms with Gasteiger partial charge in [-0.2, -0.15) is 0 Å². The molecule has 3 fully saturated rings. The van der Waals surface area contributed by atoms with Crippen molar-refractivity contribution in [1.29, 1.82) is 0 Å². The molecule has 2 N–H and O–H groups in total. The van der Waals surface area contributed by atoms with Gasteiger partial charge < -0.3 is 10.6 Å². The van der Waals surface area contributed by atoms with Gasteiger partial charge in [0.25, 0.3) is 0 Å². The van der Waals surface area contributed by atoms with E-state index >= 15 is 0 Å². The van der Waals surface area contributed by atoms with Crippen LogP contribution in [0.2, 0.25) is 0 Å². The molecule has 0 radical (unpaired) electrons. The lowest BCUT2D eigenvalue weighted by Gasteiger charge is -2.45. The zero-order valence-corrected chi connectivity index (χ0v) is 14.3. The van der Waals surface area contributed by atoms with Gasteiger partial charge in [0.1, 0.15) is 0 Å².